The van der Waals surface area contributed by atoms with Gasteiger partial charge in [0, 0.05) is 5.92 Å². The summed E-state index contributed by atoms with van der Waals surface area (Å²) in [6.45, 7) is 2.52. The summed E-state index contributed by atoms with van der Waals surface area (Å²) in [5, 5.41) is 9.81. The van der Waals surface area contributed by atoms with Gasteiger partial charge in [-0.1, -0.05) is 24.6 Å². The standard InChI is InChI=1S/C23H25O.C5H5.Fe/c1-23-13-12-19-18-9-7-17(24)14-16(18)6-8-20(19)22(23)11-10-21(23)15-4-2-3-5-15;1-2-4-5-3-1;/h2-5,7,9-10,14,19-20,22,24H,6,8,11-13H2,1H3;1-5H;/q;;+2/t19-,20-,22+,23-;;/m1../s1. The zero-order valence-corrected chi connectivity index (χ0v) is 18.7. The summed E-state index contributed by atoms with van der Waals surface area (Å²) in [6.07, 6.45) is 27.7. The topological polar surface area (TPSA) is 20.2 Å². The Kier molecular flexibility index (Phi) is 7.05. The van der Waals surface area contributed by atoms with Crippen LogP contribution in [0.4, 0.5) is 0 Å². The molecule has 2 heteroatoms. The minimum absolute atomic E-state index is 0. The Labute approximate surface area is 194 Å². The third-order valence-corrected chi connectivity index (χ3v) is 7.82. The van der Waals surface area contributed by atoms with Crippen LogP contribution in [0.25, 0.3) is 0 Å². The molecule has 0 spiro atoms. The van der Waals surface area contributed by atoms with Crippen LogP contribution in [0.15, 0.2) is 29.8 Å². The Morgan fingerprint density at radius 2 is 1.63 bits per heavy atom. The van der Waals surface area contributed by atoms with E-state index in [1.807, 2.05) is 44.2 Å². The molecular formula is C28H30FeO+2. The van der Waals surface area contributed by atoms with Crippen molar-refractivity contribution >= 4 is 0 Å². The Morgan fingerprint density at radius 1 is 0.933 bits per heavy atom. The second-order valence-corrected chi connectivity index (χ2v) is 9.24. The Bertz CT molecular complexity index is 750. The minimum atomic E-state index is 0. The number of phenolic OH excluding ortho intramolecular Hbond substituents is 1. The third kappa shape index (κ3) is 4.04. The van der Waals surface area contributed by atoms with Crippen molar-refractivity contribution in [3.8, 4) is 5.75 Å². The maximum Gasteiger partial charge on any atom is 2.00 e. The van der Waals surface area contributed by atoms with Crippen LogP contribution in [0, 0.1) is 81.0 Å². The number of benzene rings is 1. The molecule has 0 amide bonds. The van der Waals surface area contributed by atoms with Crippen molar-refractivity contribution in [3.05, 3.63) is 105 Å². The van der Waals surface area contributed by atoms with Gasteiger partial charge in [0.25, 0.3) is 0 Å². The zero-order chi connectivity index (χ0) is 19.8. The molecule has 5 aliphatic carbocycles. The van der Waals surface area contributed by atoms with E-state index in [1.54, 1.807) is 5.57 Å². The van der Waals surface area contributed by atoms with Crippen molar-refractivity contribution in [2.75, 3.05) is 0 Å². The van der Waals surface area contributed by atoms with Crippen LogP contribution in [-0.2, 0) is 23.5 Å². The molecule has 1 nitrogen and oxygen atoms in total. The van der Waals surface area contributed by atoms with Gasteiger partial charge in [0.15, 0.2) is 0 Å². The van der Waals surface area contributed by atoms with Gasteiger partial charge >= 0.3 is 17.1 Å². The molecule has 0 aromatic heterocycles. The largest absolute Gasteiger partial charge is 2.00 e. The predicted molar refractivity (Wildman–Crippen MR) is 118 cm³/mol. The first-order chi connectivity index (χ1) is 14.2. The first-order valence-corrected chi connectivity index (χ1v) is 11.1. The number of hydrogen-bond donors (Lipinski definition) is 1. The fourth-order valence-electron chi connectivity index (χ4n) is 6.46. The van der Waals surface area contributed by atoms with Crippen molar-refractivity contribution in [1.82, 2.24) is 0 Å². The molecule has 1 aromatic rings. The molecule has 1 N–H and O–H groups in total. The van der Waals surface area contributed by atoms with Crippen LogP contribution < -0.4 is 0 Å². The van der Waals surface area contributed by atoms with E-state index >= 15 is 0 Å². The number of fused-ring (bicyclic) bond motifs is 5. The first-order valence-electron chi connectivity index (χ1n) is 11.1. The van der Waals surface area contributed by atoms with Crippen molar-refractivity contribution in [1.29, 1.82) is 0 Å². The van der Waals surface area contributed by atoms with Gasteiger partial charge in [-0.05, 0) is 136 Å². The summed E-state index contributed by atoms with van der Waals surface area (Å²) in [4.78, 5) is 0. The SMILES string of the molecule is C[C@]12CC[C@@H]3c4ccc(O)cc4CC[C@H]3[C@@H]1CC=C2[C]1[CH][CH][CH][CH]1.[CH]1[CH][CH][CH][CH]1.[Fe+2]. The number of aromatic hydroxyl groups is 1. The van der Waals surface area contributed by atoms with Crippen LogP contribution in [0.5, 0.6) is 5.75 Å². The number of hydrogen-bond acceptors (Lipinski definition) is 1. The van der Waals surface area contributed by atoms with E-state index in [1.165, 1.54) is 42.7 Å². The maximum atomic E-state index is 9.81. The Hall–Kier alpha value is -0.721. The summed E-state index contributed by atoms with van der Waals surface area (Å²) in [5.74, 6) is 4.14. The second kappa shape index (κ2) is 9.41. The van der Waals surface area contributed by atoms with Crippen LogP contribution in [0.2, 0.25) is 0 Å². The molecule has 5 aliphatic rings. The summed E-state index contributed by atoms with van der Waals surface area (Å²) >= 11 is 0. The van der Waals surface area contributed by atoms with Gasteiger partial charge in [-0.3, -0.25) is 0 Å². The summed E-state index contributed by atoms with van der Waals surface area (Å²) < 4.78 is 0. The van der Waals surface area contributed by atoms with Crippen LogP contribution in [0.3, 0.4) is 0 Å². The van der Waals surface area contributed by atoms with Crippen molar-refractivity contribution in [3.63, 3.8) is 0 Å². The van der Waals surface area contributed by atoms with Gasteiger partial charge in [-0.15, -0.1) is 0 Å². The number of rotatable bonds is 1. The molecule has 3 fully saturated rings. The van der Waals surface area contributed by atoms with E-state index < -0.39 is 0 Å². The molecule has 10 radical (unpaired) electrons. The van der Waals surface area contributed by atoms with Gasteiger partial charge in [-0.25, -0.2) is 0 Å². The molecule has 4 atom stereocenters. The number of phenols is 1. The van der Waals surface area contributed by atoms with E-state index in [4.69, 9.17) is 0 Å². The van der Waals surface area contributed by atoms with E-state index in [0.717, 1.165) is 18.3 Å². The van der Waals surface area contributed by atoms with Crippen molar-refractivity contribution in [2.24, 2.45) is 17.3 Å². The van der Waals surface area contributed by atoms with Crippen molar-refractivity contribution in [2.45, 2.75) is 44.9 Å². The average Bonchev–Trinajstić information content (AvgIpc) is 3.49. The number of aryl methyl sites for hydroxylation is 1. The van der Waals surface area contributed by atoms with E-state index in [0.29, 0.717) is 17.1 Å². The van der Waals surface area contributed by atoms with Gasteiger partial charge < -0.3 is 5.11 Å². The predicted octanol–water partition coefficient (Wildman–Crippen LogP) is 6.21. The molecule has 0 saturated heterocycles. The van der Waals surface area contributed by atoms with E-state index in [-0.39, 0.29) is 17.1 Å². The zero-order valence-electron chi connectivity index (χ0n) is 17.6. The Balaban J connectivity index is 0.000000321. The van der Waals surface area contributed by atoms with Gasteiger partial charge in [-0.2, -0.15) is 0 Å². The van der Waals surface area contributed by atoms with Gasteiger partial charge in [0.1, 0.15) is 5.75 Å². The average molecular weight is 438 g/mol. The van der Waals surface area contributed by atoms with Crippen LogP contribution >= 0.6 is 0 Å². The molecule has 0 aliphatic heterocycles. The molecule has 0 heterocycles. The third-order valence-electron chi connectivity index (χ3n) is 7.82. The summed E-state index contributed by atoms with van der Waals surface area (Å²) in [6, 6.07) is 6.09. The smallest absolute Gasteiger partial charge is 0.508 e. The molecule has 30 heavy (non-hydrogen) atoms. The van der Waals surface area contributed by atoms with Crippen LogP contribution in [-0.4, -0.2) is 5.11 Å². The first kappa shape index (κ1) is 22.5. The maximum absolute atomic E-state index is 9.81. The molecule has 0 unspecified atom stereocenters. The van der Waals surface area contributed by atoms with Crippen molar-refractivity contribution < 1.29 is 22.2 Å². The molecule has 6 rings (SSSR count). The fourth-order valence-corrected chi connectivity index (χ4v) is 6.46. The van der Waals surface area contributed by atoms with E-state index in [9.17, 15) is 5.11 Å². The second-order valence-electron chi connectivity index (χ2n) is 9.24. The molecule has 154 valence electrons. The molecule has 0 bridgehead atoms. The molecular weight excluding hydrogens is 408 g/mol. The minimum Gasteiger partial charge on any atom is -0.508 e. The van der Waals surface area contributed by atoms with E-state index in [2.05, 4.69) is 44.7 Å². The quantitative estimate of drug-likeness (QED) is 0.517. The fraction of sp³-hybridized carbons (Fsp3) is 0.357. The van der Waals surface area contributed by atoms with Crippen LogP contribution in [0.1, 0.15) is 49.7 Å². The normalized spacial score (nSPS) is 34.7. The molecule has 3 saturated carbocycles. The summed E-state index contributed by atoms with van der Waals surface area (Å²) in [7, 11) is 0. The monoisotopic (exact) mass is 438 g/mol. The van der Waals surface area contributed by atoms with Gasteiger partial charge in [0.05, 0.1) is 0 Å². The molecule has 1 aromatic carbocycles. The number of allylic oxidation sites excluding steroid dienone is 2. The Morgan fingerprint density at radius 3 is 2.33 bits per heavy atom. The summed E-state index contributed by atoms with van der Waals surface area (Å²) in [5.41, 5.74) is 4.87. The van der Waals surface area contributed by atoms with Gasteiger partial charge in [0.2, 0.25) is 0 Å².